The Morgan fingerprint density at radius 2 is 2.24 bits per heavy atom. The molecule has 0 radical (unpaired) electrons. The van der Waals surface area contributed by atoms with E-state index in [1.54, 1.807) is 18.6 Å². The van der Waals surface area contributed by atoms with Crippen molar-refractivity contribution in [2.24, 2.45) is 0 Å². The third-order valence-electron chi connectivity index (χ3n) is 2.14. The molecular formula is C10H7N5OS. The summed E-state index contributed by atoms with van der Waals surface area (Å²) in [6, 6.07) is 1.84. The summed E-state index contributed by atoms with van der Waals surface area (Å²) in [5.74, 6) is 0.795. The minimum Gasteiger partial charge on any atom is -0.390 e. The zero-order chi connectivity index (χ0) is 11.7. The van der Waals surface area contributed by atoms with Gasteiger partial charge in [-0.1, -0.05) is 5.16 Å². The molecule has 2 N–H and O–H groups in total. The van der Waals surface area contributed by atoms with Crippen molar-refractivity contribution in [3.8, 4) is 23.0 Å². The number of rotatable bonds is 2. The Bertz CT molecular complexity index is 633. The first kappa shape index (κ1) is 9.91. The first-order valence-electron chi connectivity index (χ1n) is 4.78. The number of anilines is 1. The topological polar surface area (TPSA) is 90.7 Å². The van der Waals surface area contributed by atoms with Crippen molar-refractivity contribution in [3.63, 3.8) is 0 Å². The molecule has 84 valence electrons. The van der Waals surface area contributed by atoms with Crippen molar-refractivity contribution in [2.75, 3.05) is 5.73 Å². The minimum atomic E-state index is 0.393. The standard InChI is InChI=1S/C10H7N5OS/c11-8-6(1-4-17-8)10-14-9(15-16-10)7-5-12-2-3-13-7/h1-5H,11H2. The fourth-order valence-electron chi connectivity index (χ4n) is 1.35. The van der Waals surface area contributed by atoms with Gasteiger partial charge in [-0.25, -0.2) is 4.98 Å². The van der Waals surface area contributed by atoms with Crippen molar-refractivity contribution in [2.45, 2.75) is 0 Å². The molecule has 3 rings (SSSR count). The zero-order valence-corrected chi connectivity index (χ0v) is 9.39. The normalized spacial score (nSPS) is 10.6. The van der Waals surface area contributed by atoms with Gasteiger partial charge in [0, 0.05) is 12.4 Å². The van der Waals surface area contributed by atoms with Crippen LogP contribution >= 0.6 is 11.3 Å². The Morgan fingerprint density at radius 1 is 1.29 bits per heavy atom. The first-order valence-corrected chi connectivity index (χ1v) is 5.66. The second kappa shape index (κ2) is 3.95. The van der Waals surface area contributed by atoms with Gasteiger partial charge in [0.25, 0.3) is 5.89 Å². The van der Waals surface area contributed by atoms with Crippen LogP contribution in [0.4, 0.5) is 5.00 Å². The van der Waals surface area contributed by atoms with Crippen LogP contribution in [0.2, 0.25) is 0 Å². The molecule has 17 heavy (non-hydrogen) atoms. The predicted octanol–water partition coefficient (Wildman–Crippen LogP) is 1.84. The lowest BCUT2D eigenvalue weighted by atomic mass is 10.3. The highest BCUT2D eigenvalue weighted by atomic mass is 32.1. The molecular weight excluding hydrogens is 238 g/mol. The van der Waals surface area contributed by atoms with Gasteiger partial charge in [0.1, 0.15) is 5.69 Å². The highest BCUT2D eigenvalue weighted by Crippen LogP contribution is 2.29. The molecule has 0 atom stereocenters. The number of hydrogen-bond donors (Lipinski definition) is 1. The quantitative estimate of drug-likeness (QED) is 0.740. The molecule has 0 spiro atoms. The monoisotopic (exact) mass is 245 g/mol. The maximum atomic E-state index is 5.78. The van der Waals surface area contributed by atoms with Crippen LogP contribution in [0.3, 0.4) is 0 Å². The molecule has 3 aromatic heterocycles. The van der Waals surface area contributed by atoms with Crippen LogP contribution in [0.15, 0.2) is 34.6 Å². The largest absolute Gasteiger partial charge is 0.390 e. The van der Waals surface area contributed by atoms with Crippen LogP contribution in [0.1, 0.15) is 0 Å². The van der Waals surface area contributed by atoms with Gasteiger partial charge in [-0.3, -0.25) is 4.98 Å². The van der Waals surface area contributed by atoms with Gasteiger partial charge in [0.05, 0.1) is 16.8 Å². The summed E-state index contributed by atoms with van der Waals surface area (Å²) >= 11 is 1.43. The van der Waals surface area contributed by atoms with Gasteiger partial charge < -0.3 is 10.3 Å². The van der Waals surface area contributed by atoms with Crippen molar-refractivity contribution in [1.82, 2.24) is 20.1 Å². The number of nitrogen functional groups attached to an aromatic ring is 1. The lowest BCUT2D eigenvalue weighted by Crippen LogP contribution is -1.86. The summed E-state index contributed by atoms with van der Waals surface area (Å²) in [7, 11) is 0. The van der Waals surface area contributed by atoms with Crippen molar-refractivity contribution in [3.05, 3.63) is 30.0 Å². The Labute approximate surface area is 100 Å². The summed E-state index contributed by atoms with van der Waals surface area (Å²) in [5.41, 5.74) is 7.10. The van der Waals surface area contributed by atoms with E-state index in [0.29, 0.717) is 22.4 Å². The number of nitrogens with zero attached hydrogens (tertiary/aromatic N) is 4. The van der Waals surface area contributed by atoms with E-state index in [4.69, 9.17) is 10.3 Å². The molecule has 3 aromatic rings. The molecule has 0 amide bonds. The molecule has 3 heterocycles. The Balaban J connectivity index is 2.02. The van der Waals surface area contributed by atoms with E-state index in [1.165, 1.54) is 11.3 Å². The summed E-state index contributed by atoms with van der Waals surface area (Å²) in [6.07, 6.45) is 4.73. The predicted molar refractivity (Wildman–Crippen MR) is 63.0 cm³/mol. The number of nitrogens with two attached hydrogens (primary N) is 1. The fraction of sp³-hybridized carbons (Fsp3) is 0. The molecule has 0 aliphatic heterocycles. The van der Waals surface area contributed by atoms with Crippen LogP contribution in [0.5, 0.6) is 0 Å². The van der Waals surface area contributed by atoms with Crippen molar-refractivity contribution < 1.29 is 4.52 Å². The molecule has 0 bridgehead atoms. The van der Waals surface area contributed by atoms with Gasteiger partial charge in [-0.05, 0) is 11.4 Å². The summed E-state index contributed by atoms with van der Waals surface area (Å²) in [4.78, 5) is 12.3. The Kier molecular flexibility index (Phi) is 2.30. The van der Waals surface area contributed by atoms with Gasteiger partial charge in [0.2, 0.25) is 5.82 Å². The maximum Gasteiger partial charge on any atom is 0.261 e. The van der Waals surface area contributed by atoms with Crippen molar-refractivity contribution in [1.29, 1.82) is 0 Å². The van der Waals surface area contributed by atoms with Gasteiger partial charge in [-0.15, -0.1) is 11.3 Å². The SMILES string of the molecule is Nc1sccc1-c1nc(-c2cnccn2)no1. The fourth-order valence-corrected chi connectivity index (χ4v) is 1.98. The van der Waals surface area contributed by atoms with Crippen LogP contribution in [0, 0.1) is 0 Å². The lowest BCUT2D eigenvalue weighted by molar-refractivity contribution is 0.432. The Morgan fingerprint density at radius 3 is 2.94 bits per heavy atom. The molecule has 0 fully saturated rings. The van der Waals surface area contributed by atoms with Gasteiger partial charge in [-0.2, -0.15) is 4.98 Å². The average Bonchev–Trinajstić information content (AvgIpc) is 2.98. The van der Waals surface area contributed by atoms with E-state index in [1.807, 2.05) is 11.4 Å². The third kappa shape index (κ3) is 1.76. The molecule has 0 unspecified atom stereocenters. The van der Waals surface area contributed by atoms with Gasteiger partial charge in [0.15, 0.2) is 0 Å². The van der Waals surface area contributed by atoms with E-state index in [9.17, 15) is 0 Å². The average molecular weight is 245 g/mol. The van der Waals surface area contributed by atoms with E-state index < -0.39 is 0 Å². The second-order valence-electron chi connectivity index (χ2n) is 3.21. The van der Waals surface area contributed by atoms with E-state index >= 15 is 0 Å². The van der Waals surface area contributed by atoms with Gasteiger partial charge >= 0.3 is 0 Å². The smallest absolute Gasteiger partial charge is 0.261 e. The lowest BCUT2D eigenvalue weighted by Gasteiger charge is -1.90. The van der Waals surface area contributed by atoms with Crippen LogP contribution < -0.4 is 5.73 Å². The van der Waals surface area contributed by atoms with Crippen molar-refractivity contribution >= 4 is 16.3 Å². The summed E-state index contributed by atoms with van der Waals surface area (Å²) < 4.78 is 5.14. The molecule has 0 aliphatic carbocycles. The molecule has 6 nitrogen and oxygen atoms in total. The molecule has 0 saturated heterocycles. The number of aromatic nitrogens is 4. The highest BCUT2D eigenvalue weighted by Gasteiger charge is 2.14. The number of hydrogen-bond acceptors (Lipinski definition) is 7. The minimum absolute atomic E-state index is 0.393. The van der Waals surface area contributed by atoms with Crippen LogP contribution in [0.25, 0.3) is 23.0 Å². The highest BCUT2D eigenvalue weighted by molar-refractivity contribution is 7.14. The third-order valence-corrected chi connectivity index (χ3v) is 2.89. The van der Waals surface area contributed by atoms with E-state index in [-0.39, 0.29) is 0 Å². The summed E-state index contributed by atoms with van der Waals surface area (Å²) in [6.45, 7) is 0. The van der Waals surface area contributed by atoms with E-state index in [2.05, 4.69) is 20.1 Å². The van der Waals surface area contributed by atoms with Crippen LogP contribution in [-0.4, -0.2) is 20.1 Å². The summed E-state index contributed by atoms with van der Waals surface area (Å²) in [5, 5.41) is 6.37. The zero-order valence-electron chi connectivity index (χ0n) is 8.57. The van der Waals surface area contributed by atoms with E-state index in [0.717, 1.165) is 5.56 Å². The second-order valence-corrected chi connectivity index (χ2v) is 4.16. The molecule has 0 saturated carbocycles. The molecule has 0 aliphatic rings. The molecule has 0 aromatic carbocycles. The first-order chi connectivity index (χ1) is 8.34. The van der Waals surface area contributed by atoms with Crippen LogP contribution in [-0.2, 0) is 0 Å². The molecule has 7 heteroatoms. The maximum absolute atomic E-state index is 5.78. The Hall–Kier alpha value is -2.28. The number of thiophene rings is 1.